The molecule has 1 saturated heterocycles. The number of pyridine rings is 1. The molecule has 0 spiro atoms. The molecule has 8 heteroatoms. The molecular formula is C27H24ClN5OS. The predicted octanol–water partition coefficient (Wildman–Crippen LogP) is 5.34. The summed E-state index contributed by atoms with van der Waals surface area (Å²) in [5.41, 5.74) is 5.64. The Labute approximate surface area is 213 Å². The number of hydrogen-bond acceptors (Lipinski definition) is 6. The van der Waals surface area contributed by atoms with Crippen LogP contribution in [0.15, 0.2) is 72.4 Å². The first kappa shape index (κ1) is 22.2. The highest BCUT2D eigenvalue weighted by molar-refractivity contribution is 7.09. The average Bonchev–Trinajstić information content (AvgIpc) is 3.50. The van der Waals surface area contributed by atoms with Gasteiger partial charge in [-0.2, -0.15) is 0 Å². The van der Waals surface area contributed by atoms with E-state index < -0.39 is 0 Å². The maximum Gasteiger partial charge on any atom is 0.260 e. The Hall–Kier alpha value is -3.26. The number of piperazine rings is 1. The van der Waals surface area contributed by atoms with E-state index in [0.29, 0.717) is 17.1 Å². The maximum absolute atomic E-state index is 13.0. The van der Waals surface area contributed by atoms with E-state index in [0.717, 1.165) is 60.2 Å². The molecule has 6 nitrogen and oxygen atoms in total. The molecule has 2 aliphatic rings. The molecule has 4 aromatic rings. The van der Waals surface area contributed by atoms with Crippen LogP contribution in [0.3, 0.4) is 0 Å². The van der Waals surface area contributed by atoms with Gasteiger partial charge in [0.1, 0.15) is 5.01 Å². The van der Waals surface area contributed by atoms with Crippen LogP contribution in [0.1, 0.15) is 20.9 Å². The van der Waals surface area contributed by atoms with Crippen LogP contribution < -0.4 is 9.80 Å². The lowest BCUT2D eigenvalue weighted by atomic mass is 10.1. The summed E-state index contributed by atoms with van der Waals surface area (Å²) in [6.07, 6.45) is 3.70. The van der Waals surface area contributed by atoms with Gasteiger partial charge in [0.05, 0.1) is 29.4 Å². The number of nitrogens with zero attached hydrogens (tertiary/aromatic N) is 5. The minimum Gasteiger partial charge on any atom is -0.369 e. The second kappa shape index (κ2) is 9.41. The number of carbonyl (C=O) groups excluding carboxylic acids is 1. The SMILES string of the molecule is O=C1c2c(Cl)cccc2CN1c1cccc(-c2csc(CN3CCN(c4ccncc4)CC3)n2)c1. The van der Waals surface area contributed by atoms with E-state index in [2.05, 4.69) is 38.4 Å². The highest BCUT2D eigenvalue weighted by Crippen LogP contribution is 2.34. The van der Waals surface area contributed by atoms with Crippen molar-refractivity contribution in [2.45, 2.75) is 13.1 Å². The fraction of sp³-hybridized carbons (Fsp3) is 0.222. The normalized spacial score (nSPS) is 16.1. The van der Waals surface area contributed by atoms with Crippen LogP contribution in [0.2, 0.25) is 5.02 Å². The summed E-state index contributed by atoms with van der Waals surface area (Å²) in [4.78, 5) is 28.7. The molecule has 0 saturated carbocycles. The highest BCUT2D eigenvalue weighted by atomic mass is 35.5. The molecular weight excluding hydrogens is 478 g/mol. The zero-order valence-electron chi connectivity index (χ0n) is 19.1. The van der Waals surface area contributed by atoms with Crippen molar-refractivity contribution >= 4 is 40.2 Å². The first-order chi connectivity index (χ1) is 17.2. The molecule has 2 aliphatic heterocycles. The Morgan fingerprint density at radius 1 is 0.943 bits per heavy atom. The Morgan fingerprint density at radius 2 is 1.74 bits per heavy atom. The van der Waals surface area contributed by atoms with Gasteiger partial charge < -0.3 is 9.80 Å². The van der Waals surface area contributed by atoms with Crippen molar-refractivity contribution in [3.8, 4) is 11.3 Å². The van der Waals surface area contributed by atoms with Crippen molar-refractivity contribution in [3.63, 3.8) is 0 Å². The lowest BCUT2D eigenvalue weighted by Crippen LogP contribution is -2.45. The molecule has 0 bridgehead atoms. The van der Waals surface area contributed by atoms with Crippen LogP contribution >= 0.6 is 22.9 Å². The smallest absolute Gasteiger partial charge is 0.260 e. The van der Waals surface area contributed by atoms with Crippen molar-refractivity contribution in [1.29, 1.82) is 0 Å². The van der Waals surface area contributed by atoms with Crippen LogP contribution in [0.4, 0.5) is 11.4 Å². The van der Waals surface area contributed by atoms with Crippen LogP contribution in [0.5, 0.6) is 0 Å². The number of carbonyl (C=O) groups is 1. The number of anilines is 2. The summed E-state index contributed by atoms with van der Waals surface area (Å²) in [5.74, 6) is -0.0485. The molecule has 2 aromatic heterocycles. The van der Waals surface area contributed by atoms with Crippen LogP contribution in [-0.2, 0) is 13.1 Å². The van der Waals surface area contributed by atoms with E-state index in [4.69, 9.17) is 16.6 Å². The second-order valence-corrected chi connectivity index (χ2v) is 10.2. The summed E-state index contributed by atoms with van der Waals surface area (Å²) >= 11 is 7.99. The Balaban J connectivity index is 1.13. The van der Waals surface area contributed by atoms with E-state index in [1.165, 1.54) is 5.69 Å². The number of aromatic nitrogens is 2. The van der Waals surface area contributed by atoms with Crippen molar-refractivity contribution in [2.24, 2.45) is 0 Å². The zero-order valence-corrected chi connectivity index (χ0v) is 20.7. The third-order valence-corrected chi connectivity index (χ3v) is 7.80. The van der Waals surface area contributed by atoms with Gasteiger partial charge >= 0.3 is 0 Å². The fourth-order valence-corrected chi connectivity index (χ4v) is 5.90. The van der Waals surface area contributed by atoms with Gasteiger partial charge in [-0.1, -0.05) is 35.9 Å². The third kappa shape index (κ3) is 4.43. The number of fused-ring (bicyclic) bond motifs is 1. The van der Waals surface area contributed by atoms with Gasteiger partial charge in [0, 0.05) is 60.9 Å². The minimum atomic E-state index is -0.0485. The van der Waals surface area contributed by atoms with Crippen molar-refractivity contribution in [3.05, 3.63) is 93.5 Å². The molecule has 0 N–H and O–H groups in total. The summed E-state index contributed by atoms with van der Waals surface area (Å²) in [6.45, 7) is 5.40. The van der Waals surface area contributed by atoms with Crippen molar-refractivity contribution in [2.75, 3.05) is 36.0 Å². The monoisotopic (exact) mass is 501 g/mol. The molecule has 0 atom stereocenters. The van der Waals surface area contributed by atoms with E-state index in [9.17, 15) is 4.79 Å². The molecule has 1 fully saturated rings. The lowest BCUT2D eigenvalue weighted by molar-refractivity contribution is 0.0997. The summed E-state index contributed by atoms with van der Waals surface area (Å²) in [5, 5.41) is 3.73. The number of amides is 1. The van der Waals surface area contributed by atoms with E-state index in [1.54, 1.807) is 22.3 Å². The van der Waals surface area contributed by atoms with Gasteiger partial charge in [-0.25, -0.2) is 4.98 Å². The molecule has 0 unspecified atom stereocenters. The van der Waals surface area contributed by atoms with Gasteiger partial charge in [-0.05, 0) is 35.9 Å². The number of rotatable bonds is 5. The summed E-state index contributed by atoms with van der Waals surface area (Å²) < 4.78 is 0. The quantitative estimate of drug-likeness (QED) is 0.369. The molecule has 176 valence electrons. The van der Waals surface area contributed by atoms with Crippen molar-refractivity contribution in [1.82, 2.24) is 14.9 Å². The van der Waals surface area contributed by atoms with Gasteiger partial charge in [-0.3, -0.25) is 14.7 Å². The van der Waals surface area contributed by atoms with Gasteiger partial charge in [-0.15, -0.1) is 11.3 Å². The minimum absolute atomic E-state index is 0.0485. The second-order valence-electron chi connectivity index (χ2n) is 8.81. The lowest BCUT2D eigenvalue weighted by Gasteiger charge is -2.35. The number of thiazole rings is 1. The molecule has 4 heterocycles. The molecule has 6 rings (SSSR count). The first-order valence-corrected chi connectivity index (χ1v) is 12.9. The molecule has 0 aliphatic carbocycles. The van der Waals surface area contributed by atoms with Gasteiger partial charge in [0.15, 0.2) is 0 Å². The standard InChI is InChI=1S/C27H24ClN5OS/c28-23-6-2-4-20-16-33(27(34)26(20)23)22-5-1-3-19(15-22)24-18-35-25(30-24)17-31-11-13-32(14-12-31)21-7-9-29-10-8-21/h1-10,15,18H,11-14,16-17H2. The summed E-state index contributed by atoms with van der Waals surface area (Å²) in [7, 11) is 0. The van der Waals surface area contributed by atoms with E-state index in [-0.39, 0.29) is 5.91 Å². The Morgan fingerprint density at radius 3 is 2.54 bits per heavy atom. The molecule has 1 amide bonds. The predicted molar refractivity (Wildman–Crippen MR) is 141 cm³/mol. The summed E-state index contributed by atoms with van der Waals surface area (Å²) in [6, 6.07) is 17.8. The maximum atomic E-state index is 13.0. The van der Waals surface area contributed by atoms with Crippen LogP contribution in [0, 0.1) is 0 Å². The molecule has 0 radical (unpaired) electrons. The highest BCUT2D eigenvalue weighted by Gasteiger charge is 2.30. The number of halogens is 1. The number of benzene rings is 2. The third-order valence-electron chi connectivity index (χ3n) is 6.65. The van der Waals surface area contributed by atoms with E-state index >= 15 is 0 Å². The van der Waals surface area contributed by atoms with Crippen LogP contribution in [0.25, 0.3) is 11.3 Å². The van der Waals surface area contributed by atoms with Crippen LogP contribution in [-0.4, -0.2) is 47.0 Å². The van der Waals surface area contributed by atoms with Gasteiger partial charge in [0.25, 0.3) is 5.91 Å². The Kier molecular flexibility index (Phi) is 5.98. The van der Waals surface area contributed by atoms with Gasteiger partial charge in [0.2, 0.25) is 0 Å². The fourth-order valence-electron chi connectivity index (χ4n) is 4.79. The average molecular weight is 502 g/mol. The zero-order chi connectivity index (χ0) is 23.8. The first-order valence-electron chi connectivity index (χ1n) is 11.7. The van der Waals surface area contributed by atoms with E-state index in [1.807, 2.05) is 42.7 Å². The largest absolute Gasteiger partial charge is 0.369 e. The number of hydrogen-bond donors (Lipinski definition) is 0. The Bertz CT molecular complexity index is 1370. The topological polar surface area (TPSA) is 52.6 Å². The van der Waals surface area contributed by atoms with Crippen molar-refractivity contribution < 1.29 is 4.79 Å². The molecule has 2 aromatic carbocycles. The molecule has 35 heavy (non-hydrogen) atoms.